The molecule has 1 unspecified atom stereocenters. The van der Waals surface area contributed by atoms with Crippen molar-refractivity contribution in [3.05, 3.63) is 51.7 Å². The van der Waals surface area contributed by atoms with Crippen LogP contribution in [0.4, 0.5) is 5.69 Å². The third kappa shape index (κ3) is 2.55. The minimum Gasteiger partial charge on any atom is -0.394 e. The zero-order valence-corrected chi connectivity index (χ0v) is 10.1. The Kier molecular flexibility index (Phi) is 3.83. The second-order valence-electron chi connectivity index (χ2n) is 3.37. The lowest BCUT2D eigenvalue weighted by molar-refractivity contribution is 0.278. The summed E-state index contributed by atoms with van der Waals surface area (Å²) in [4.78, 5) is 1.10. The Morgan fingerprint density at radius 2 is 2.06 bits per heavy atom. The number of aliphatic hydroxyl groups is 1. The van der Waals surface area contributed by atoms with Gasteiger partial charge in [0.2, 0.25) is 0 Å². The Labute approximate surface area is 104 Å². The molecule has 16 heavy (non-hydrogen) atoms. The van der Waals surface area contributed by atoms with Crippen LogP contribution in [0.3, 0.4) is 0 Å². The predicted octanol–water partition coefficient (Wildman–Crippen LogP) is 3.55. The number of nitrogens with one attached hydrogen (secondary N) is 1. The van der Waals surface area contributed by atoms with Crippen LogP contribution in [0, 0.1) is 0 Å². The molecule has 1 aromatic carbocycles. The maximum atomic E-state index is 9.35. The molecule has 1 atom stereocenters. The maximum Gasteiger partial charge on any atom is 0.0838 e. The van der Waals surface area contributed by atoms with E-state index >= 15 is 0 Å². The molecule has 0 aliphatic rings. The minimum absolute atomic E-state index is 0.0474. The molecular weight excluding hydrogens is 242 g/mol. The van der Waals surface area contributed by atoms with E-state index in [0.717, 1.165) is 10.6 Å². The number of aliphatic hydroxyl groups excluding tert-OH is 1. The maximum absolute atomic E-state index is 9.35. The lowest BCUT2D eigenvalue weighted by Gasteiger charge is -2.16. The molecule has 2 nitrogen and oxygen atoms in total. The van der Waals surface area contributed by atoms with Gasteiger partial charge in [0.15, 0.2) is 0 Å². The lowest BCUT2D eigenvalue weighted by atomic mass is 10.2. The highest BCUT2D eigenvalue weighted by Crippen LogP contribution is 2.27. The molecule has 4 heteroatoms. The quantitative estimate of drug-likeness (QED) is 0.874. The molecule has 1 heterocycles. The summed E-state index contributed by atoms with van der Waals surface area (Å²) < 4.78 is 0. The molecule has 0 amide bonds. The third-order valence-corrected chi connectivity index (χ3v) is 3.59. The zero-order valence-electron chi connectivity index (χ0n) is 8.56. The van der Waals surface area contributed by atoms with Gasteiger partial charge >= 0.3 is 0 Å². The van der Waals surface area contributed by atoms with Gasteiger partial charge < -0.3 is 10.4 Å². The largest absolute Gasteiger partial charge is 0.394 e. The van der Waals surface area contributed by atoms with Crippen LogP contribution in [0.25, 0.3) is 0 Å². The monoisotopic (exact) mass is 253 g/mol. The summed E-state index contributed by atoms with van der Waals surface area (Å²) >= 11 is 7.66. The summed E-state index contributed by atoms with van der Waals surface area (Å²) in [7, 11) is 0. The number of para-hydroxylation sites is 1. The number of thiophene rings is 1. The van der Waals surface area contributed by atoms with Crippen LogP contribution in [-0.2, 0) is 0 Å². The van der Waals surface area contributed by atoms with E-state index in [1.165, 1.54) is 0 Å². The lowest BCUT2D eigenvalue weighted by Crippen LogP contribution is -2.13. The van der Waals surface area contributed by atoms with Crippen LogP contribution < -0.4 is 5.32 Å². The minimum atomic E-state index is -0.0973. The average Bonchev–Trinajstić information content (AvgIpc) is 2.81. The van der Waals surface area contributed by atoms with Crippen LogP contribution in [0.15, 0.2) is 41.8 Å². The molecule has 0 bridgehead atoms. The summed E-state index contributed by atoms with van der Waals surface area (Å²) in [6, 6.07) is 11.4. The van der Waals surface area contributed by atoms with Gasteiger partial charge in [-0.3, -0.25) is 0 Å². The first-order chi connectivity index (χ1) is 7.81. The number of halogens is 1. The van der Waals surface area contributed by atoms with Crippen molar-refractivity contribution in [3.63, 3.8) is 0 Å². The van der Waals surface area contributed by atoms with Crippen molar-refractivity contribution in [3.8, 4) is 0 Å². The number of benzene rings is 1. The van der Waals surface area contributed by atoms with Crippen molar-refractivity contribution in [2.24, 2.45) is 0 Å². The Bertz CT molecular complexity index is 444. The number of anilines is 1. The van der Waals surface area contributed by atoms with E-state index in [1.54, 1.807) is 11.3 Å². The Morgan fingerprint density at radius 1 is 1.25 bits per heavy atom. The van der Waals surface area contributed by atoms with Crippen molar-refractivity contribution in [2.45, 2.75) is 6.04 Å². The normalized spacial score (nSPS) is 12.4. The van der Waals surface area contributed by atoms with Crippen LogP contribution in [0.5, 0.6) is 0 Å². The van der Waals surface area contributed by atoms with Crippen LogP contribution >= 0.6 is 22.9 Å². The fourth-order valence-electron chi connectivity index (χ4n) is 1.46. The van der Waals surface area contributed by atoms with Gasteiger partial charge in [0, 0.05) is 4.88 Å². The first kappa shape index (κ1) is 11.5. The van der Waals surface area contributed by atoms with Gasteiger partial charge in [0.05, 0.1) is 23.4 Å². The highest BCUT2D eigenvalue weighted by molar-refractivity contribution is 7.10. The average molecular weight is 254 g/mol. The van der Waals surface area contributed by atoms with Crippen LogP contribution in [-0.4, -0.2) is 11.7 Å². The fraction of sp³-hybridized carbons (Fsp3) is 0.167. The van der Waals surface area contributed by atoms with Crippen molar-refractivity contribution < 1.29 is 5.11 Å². The van der Waals surface area contributed by atoms with Crippen molar-refractivity contribution in [1.82, 2.24) is 0 Å². The molecule has 84 valence electrons. The fourth-order valence-corrected chi connectivity index (χ4v) is 2.42. The summed E-state index contributed by atoms with van der Waals surface area (Å²) in [6.45, 7) is 0.0474. The van der Waals surface area contributed by atoms with Gasteiger partial charge in [-0.1, -0.05) is 29.8 Å². The van der Waals surface area contributed by atoms with E-state index in [9.17, 15) is 5.11 Å². The van der Waals surface area contributed by atoms with Gasteiger partial charge in [-0.05, 0) is 23.6 Å². The summed E-state index contributed by atoms with van der Waals surface area (Å²) in [6.07, 6.45) is 0. The predicted molar refractivity (Wildman–Crippen MR) is 69.2 cm³/mol. The second kappa shape index (κ2) is 5.34. The smallest absolute Gasteiger partial charge is 0.0838 e. The standard InChI is InChI=1S/C12H12ClNOS/c13-9-4-1-2-5-10(9)14-11(8-15)12-6-3-7-16-12/h1-7,11,14-15H,8H2. The van der Waals surface area contributed by atoms with Crippen molar-refractivity contribution in [2.75, 3.05) is 11.9 Å². The van der Waals surface area contributed by atoms with Gasteiger partial charge in [0.25, 0.3) is 0 Å². The molecule has 0 aliphatic heterocycles. The van der Waals surface area contributed by atoms with Gasteiger partial charge in [0.1, 0.15) is 0 Å². The van der Waals surface area contributed by atoms with E-state index in [0.29, 0.717) is 5.02 Å². The number of hydrogen-bond donors (Lipinski definition) is 2. The summed E-state index contributed by atoms with van der Waals surface area (Å²) in [5, 5.41) is 15.2. The SMILES string of the molecule is OCC(Nc1ccccc1Cl)c1cccs1. The second-order valence-corrected chi connectivity index (χ2v) is 4.76. The molecule has 2 aromatic rings. The van der Waals surface area contributed by atoms with Crippen LogP contribution in [0.2, 0.25) is 5.02 Å². The Balaban J connectivity index is 2.17. The van der Waals surface area contributed by atoms with Gasteiger partial charge in [-0.15, -0.1) is 11.3 Å². The summed E-state index contributed by atoms with van der Waals surface area (Å²) in [5.41, 5.74) is 0.844. The topological polar surface area (TPSA) is 32.3 Å². The molecular formula is C12H12ClNOS. The van der Waals surface area contributed by atoms with Crippen LogP contribution in [0.1, 0.15) is 10.9 Å². The molecule has 0 fully saturated rings. The number of hydrogen-bond acceptors (Lipinski definition) is 3. The van der Waals surface area contributed by atoms with E-state index in [4.69, 9.17) is 11.6 Å². The number of rotatable bonds is 4. The highest BCUT2D eigenvalue weighted by atomic mass is 35.5. The molecule has 0 spiro atoms. The third-order valence-electron chi connectivity index (χ3n) is 2.27. The van der Waals surface area contributed by atoms with Gasteiger partial charge in [-0.2, -0.15) is 0 Å². The molecule has 0 aliphatic carbocycles. The molecule has 1 aromatic heterocycles. The van der Waals surface area contributed by atoms with E-state index in [1.807, 2.05) is 41.8 Å². The Hall–Kier alpha value is -1.03. The van der Waals surface area contributed by atoms with E-state index in [-0.39, 0.29) is 12.6 Å². The first-order valence-corrected chi connectivity index (χ1v) is 6.22. The molecule has 2 N–H and O–H groups in total. The zero-order chi connectivity index (χ0) is 11.4. The molecule has 0 saturated carbocycles. The van der Waals surface area contributed by atoms with Crippen molar-refractivity contribution in [1.29, 1.82) is 0 Å². The molecule has 0 saturated heterocycles. The first-order valence-electron chi connectivity index (χ1n) is 4.96. The summed E-state index contributed by atoms with van der Waals surface area (Å²) in [5.74, 6) is 0. The molecule has 2 rings (SSSR count). The highest BCUT2D eigenvalue weighted by Gasteiger charge is 2.12. The Morgan fingerprint density at radius 3 is 2.69 bits per heavy atom. The van der Waals surface area contributed by atoms with Gasteiger partial charge in [-0.25, -0.2) is 0 Å². The van der Waals surface area contributed by atoms with E-state index in [2.05, 4.69) is 5.32 Å². The van der Waals surface area contributed by atoms with Crippen molar-refractivity contribution >= 4 is 28.6 Å². The van der Waals surface area contributed by atoms with E-state index < -0.39 is 0 Å². The molecule has 0 radical (unpaired) electrons.